The van der Waals surface area contributed by atoms with Gasteiger partial charge in [-0.2, -0.15) is 0 Å². The average molecular weight is 286 g/mol. The Kier molecular flexibility index (Phi) is 6.90. The first kappa shape index (κ1) is 16.9. The molecule has 0 aromatic heterocycles. The fourth-order valence-electron chi connectivity index (χ4n) is 2.38. The van der Waals surface area contributed by atoms with Crippen molar-refractivity contribution in [1.29, 1.82) is 0 Å². The van der Waals surface area contributed by atoms with E-state index in [9.17, 15) is 9.59 Å². The summed E-state index contributed by atoms with van der Waals surface area (Å²) in [7, 11) is 1.69. The van der Waals surface area contributed by atoms with Crippen LogP contribution in [0.2, 0.25) is 0 Å². The molecule has 1 aliphatic heterocycles. The molecule has 0 saturated carbocycles. The summed E-state index contributed by atoms with van der Waals surface area (Å²) in [5.41, 5.74) is 5.75. The number of urea groups is 1. The highest BCUT2D eigenvalue weighted by Crippen LogP contribution is 2.18. The van der Waals surface area contributed by atoms with Crippen LogP contribution in [0.1, 0.15) is 26.7 Å². The summed E-state index contributed by atoms with van der Waals surface area (Å²) in [5, 5.41) is 4.94. The van der Waals surface area contributed by atoms with Crippen molar-refractivity contribution in [2.45, 2.75) is 44.9 Å². The van der Waals surface area contributed by atoms with Gasteiger partial charge < -0.3 is 15.8 Å². The van der Waals surface area contributed by atoms with Gasteiger partial charge in [0.2, 0.25) is 5.91 Å². The Morgan fingerprint density at radius 1 is 1.45 bits per heavy atom. The Labute approximate surface area is 120 Å². The maximum absolute atomic E-state index is 11.8. The molecule has 7 nitrogen and oxygen atoms in total. The highest BCUT2D eigenvalue weighted by atomic mass is 16.5. The topological polar surface area (TPSA) is 96.7 Å². The summed E-state index contributed by atoms with van der Waals surface area (Å²) < 4.78 is 5.34. The monoisotopic (exact) mass is 286 g/mol. The molecule has 1 heterocycles. The number of amides is 3. The first-order valence-corrected chi connectivity index (χ1v) is 7.03. The van der Waals surface area contributed by atoms with E-state index in [-0.39, 0.29) is 30.6 Å². The molecule has 3 amide bonds. The predicted octanol–water partition coefficient (Wildman–Crippen LogP) is -0.341. The zero-order chi connectivity index (χ0) is 15.1. The van der Waals surface area contributed by atoms with Crippen LogP contribution in [0.4, 0.5) is 4.79 Å². The number of hydrogen-bond acceptors (Lipinski definition) is 5. The molecular formula is C13H26N4O3. The largest absolute Gasteiger partial charge is 0.381 e. The molecule has 7 heteroatoms. The third-order valence-electron chi connectivity index (χ3n) is 3.41. The molecule has 1 saturated heterocycles. The molecule has 0 spiro atoms. The highest BCUT2D eigenvalue weighted by Gasteiger charge is 2.28. The van der Waals surface area contributed by atoms with Crippen molar-refractivity contribution >= 4 is 11.9 Å². The fraction of sp³-hybridized carbons (Fsp3) is 0.846. The van der Waals surface area contributed by atoms with Crippen LogP contribution in [0.15, 0.2) is 0 Å². The van der Waals surface area contributed by atoms with Crippen molar-refractivity contribution in [1.82, 2.24) is 15.5 Å². The Bertz CT molecular complexity index is 336. The molecule has 1 fully saturated rings. The van der Waals surface area contributed by atoms with E-state index in [0.717, 1.165) is 19.4 Å². The summed E-state index contributed by atoms with van der Waals surface area (Å²) in [6.45, 7) is 5.09. The third-order valence-corrected chi connectivity index (χ3v) is 3.41. The number of carbonyl (C=O) groups excluding carboxylic acids is 2. The van der Waals surface area contributed by atoms with Crippen LogP contribution in [0.25, 0.3) is 0 Å². The molecule has 20 heavy (non-hydrogen) atoms. The quantitative estimate of drug-likeness (QED) is 0.642. The van der Waals surface area contributed by atoms with Gasteiger partial charge in [0, 0.05) is 32.3 Å². The summed E-state index contributed by atoms with van der Waals surface area (Å²) in [4.78, 5) is 25.3. The Balaban J connectivity index is 2.42. The molecule has 1 rings (SSSR count). The van der Waals surface area contributed by atoms with Crippen molar-refractivity contribution in [2.24, 2.45) is 5.73 Å². The van der Waals surface area contributed by atoms with Crippen molar-refractivity contribution in [3.8, 4) is 0 Å². The summed E-state index contributed by atoms with van der Waals surface area (Å²) in [6.07, 6.45) is 1.89. The van der Waals surface area contributed by atoms with E-state index in [1.54, 1.807) is 7.11 Å². The normalized spacial score (nSPS) is 23.6. The van der Waals surface area contributed by atoms with Crippen LogP contribution in [-0.4, -0.2) is 61.8 Å². The van der Waals surface area contributed by atoms with Gasteiger partial charge in [-0.15, -0.1) is 0 Å². The van der Waals surface area contributed by atoms with Crippen molar-refractivity contribution in [3.63, 3.8) is 0 Å². The van der Waals surface area contributed by atoms with Gasteiger partial charge in [0.15, 0.2) is 0 Å². The van der Waals surface area contributed by atoms with Crippen LogP contribution in [0.3, 0.4) is 0 Å². The molecule has 0 bridgehead atoms. The standard InChI is InChI=1S/C13H26N4O3/c1-9(2)15-13(19)16-12(18)8-17-5-4-11(20-3)6-10(17)7-14/h9-11H,4-8,14H2,1-3H3,(H2,15,16,18,19). The lowest BCUT2D eigenvalue weighted by Crippen LogP contribution is -2.53. The number of rotatable bonds is 5. The first-order chi connectivity index (χ1) is 9.46. The minimum atomic E-state index is -0.457. The van der Waals surface area contributed by atoms with Crippen molar-refractivity contribution in [2.75, 3.05) is 26.7 Å². The van der Waals surface area contributed by atoms with Crippen molar-refractivity contribution in [3.05, 3.63) is 0 Å². The molecule has 2 unspecified atom stereocenters. The van der Waals surface area contributed by atoms with Gasteiger partial charge in [-0.3, -0.25) is 15.0 Å². The number of piperidine rings is 1. The minimum absolute atomic E-state index is 0.00274. The van der Waals surface area contributed by atoms with E-state index >= 15 is 0 Å². The number of nitrogens with zero attached hydrogens (tertiary/aromatic N) is 1. The summed E-state index contributed by atoms with van der Waals surface area (Å²) in [5.74, 6) is -0.308. The van der Waals surface area contributed by atoms with Gasteiger partial charge in [-0.1, -0.05) is 0 Å². The van der Waals surface area contributed by atoms with Gasteiger partial charge in [0.05, 0.1) is 12.6 Å². The summed E-state index contributed by atoms with van der Waals surface area (Å²) >= 11 is 0. The number of methoxy groups -OCH3 is 1. The van der Waals surface area contributed by atoms with E-state index in [1.165, 1.54) is 0 Å². The highest BCUT2D eigenvalue weighted by molar-refractivity contribution is 5.95. The average Bonchev–Trinajstić information content (AvgIpc) is 2.37. The summed E-state index contributed by atoms with van der Waals surface area (Å²) in [6, 6.07) is -0.342. The van der Waals surface area contributed by atoms with Gasteiger partial charge in [0.25, 0.3) is 0 Å². The Morgan fingerprint density at radius 3 is 2.70 bits per heavy atom. The van der Waals surface area contributed by atoms with Gasteiger partial charge in [0.1, 0.15) is 0 Å². The number of imide groups is 1. The number of nitrogens with one attached hydrogen (secondary N) is 2. The van der Waals surface area contributed by atoms with E-state index in [0.29, 0.717) is 6.54 Å². The number of hydrogen-bond donors (Lipinski definition) is 3. The maximum Gasteiger partial charge on any atom is 0.321 e. The van der Waals surface area contributed by atoms with Crippen LogP contribution < -0.4 is 16.4 Å². The van der Waals surface area contributed by atoms with Gasteiger partial charge in [-0.05, 0) is 26.7 Å². The van der Waals surface area contributed by atoms with E-state index < -0.39 is 6.03 Å². The van der Waals surface area contributed by atoms with E-state index in [4.69, 9.17) is 10.5 Å². The molecular weight excluding hydrogens is 260 g/mol. The van der Waals surface area contributed by atoms with E-state index in [1.807, 2.05) is 18.7 Å². The van der Waals surface area contributed by atoms with Crippen LogP contribution in [-0.2, 0) is 9.53 Å². The second kappa shape index (κ2) is 8.18. The first-order valence-electron chi connectivity index (χ1n) is 7.03. The second-order valence-corrected chi connectivity index (χ2v) is 5.42. The lowest BCUT2D eigenvalue weighted by Gasteiger charge is -2.37. The van der Waals surface area contributed by atoms with Gasteiger partial charge >= 0.3 is 6.03 Å². The zero-order valence-electron chi connectivity index (χ0n) is 12.5. The lowest BCUT2D eigenvalue weighted by atomic mass is 9.99. The fourth-order valence-corrected chi connectivity index (χ4v) is 2.38. The smallest absolute Gasteiger partial charge is 0.321 e. The SMILES string of the molecule is COC1CCN(CC(=O)NC(=O)NC(C)C)C(CN)C1. The van der Waals surface area contributed by atoms with Crippen LogP contribution >= 0.6 is 0 Å². The lowest BCUT2D eigenvalue weighted by molar-refractivity contribution is -0.122. The predicted molar refractivity (Wildman–Crippen MR) is 76.3 cm³/mol. The second-order valence-electron chi connectivity index (χ2n) is 5.42. The molecule has 0 radical (unpaired) electrons. The molecule has 4 N–H and O–H groups in total. The third kappa shape index (κ3) is 5.44. The Hall–Kier alpha value is -1.18. The Morgan fingerprint density at radius 2 is 2.15 bits per heavy atom. The van der Waals surface area contributed by atoms with Gasteiger partial charge in [-0.25, -0.2) is 4.79 Å². The molecule has 2 atom stereocenters. The number of nitrogens with two attached hydrogens (primary N) is 1. The van der Waals surface area contributed by atoms with Crippen LogP contribution in [0.5, 0.6) is 0 Å². The maximum atomic E-state index is 11.8. The zero-order valence-corrected chi connectivity index (χ0v) is 12.5. The molecule has 0 aromatic carbocycles. The molecule has 0 aliphatic carbocycles. The van der Waals surface area contributed by atoms with E-state index in [2.05, 4.69) is 10.6 Å². The van der Waals surface area contributed by atoms with Crippen LogP contribution in [0, 0.1) is 0 Å². The number of carbonyl (C=O) groups is 2. The number of ether oxygens (including phenoxy) is 1. The van der Waals surface area contributed by atoms with Crippen molar-refractivity contribution < 1.29 is 14.3 Å². The molecule has 1 aliphatic rings. The number of likely N-dealkylation sites (tertiary alicyclic amines) is 1. The minimum Gasteiger partial charge on any atom is -0.381 e. The molecule has 0 aromatic rings. The molecule has 116 valence electrons.